The van der Waals surface area contributed by atoms with E-state index in [0.717, 1.165) is 10.9 Å². The summed E-state index contributed by atoms with van der Waals surface area (Å²) in [6.07, 6.45) is 0. The van der Waals surface area contributed by atoms with Crippen molar-refractivity contribution in [2.75, 3.05) is 12.8 Å². The van der Waals surface area contributed by atoms with Crippen LogP contribution >= 0.6 is 11.6 Å². The third-order valence-electron chi connectivity index (χ3n) is 3.37. The van der Waals surface area contributed by atoms with E-state index >= 15 is 0 Å². The molecular formula is C16H13ClN2O2. The molecule has 5 heteroatoms. The van der Waals surface area contributed by atoms with Crippen LogP contribution in [0.25, 0.3) is 22.0 Å². The van der Waals surface area contributed by atoms with Crippen molar-refractivity contribution in [2.24, 2.45) is 0 Å². The Morgan fingerprint density at radius 3 is 2.76 bits per heavy atom. The van der Waals surface area contributed by atoms with Crippen molar-refractivity contribution in [3.05, 3.63) is 57.8 Å². The molecule has 0 aliphatic heterocycles. The molecule has 21 heavy (non-hydrogen) atoms. The van der Waals surface area contributed by atoms with Gasteiger partial charge in [-0.15, -0.1) is 0 Å². The van der Waals surface area contributed by atoms with Gasteiger partial charge in [0.2, 0.25) is 0 Å². The molecule has 0 unspecified atom stereocenters. The minimum absolute atomic E-state index is 0.165. The van der Waals surface area contributed by atoms with Crippen molar-refractivity contribution in [1.29, 1.82) is 0 Å². The molecule has 0 bridgehead atoms. The maximum Gasteiger partial charge on any atom is 0.272 e. The van der Waals surface area contributed by atoms with E-state index in [-0.39, 0.29) is 11.2 Å². The number of ether oxygens (including phenoxy) is 1. The summed E-state index contributed by atoms with van der Waals surface area (Å²) in [5, 5.41) is 1.38. The van der Waals surface area contributed by atoms with Gasteiger partial charge >= 0.3 is 0 Å². The maximum absolute atomic E-state index is 12.0. The SMILES string of the molecule is COc1cccc(-c2c(N)c(=O)[nH]c3ccc(Cl)cc23)c1. The highest BCUT2D eigenvalue weighted by atomic mass is 35.5. The van der Waals surface area contributed by atoms with E-state index in [1.807, 2.05) is 24.3 Å². The molecule has 0 saturated heterocycles. The first kappa shape index (κ1) is 13.5. The summed E-state index contributed by atoms with van der Waals surface area (Å²) >= 11 is 6.07. The van der Waals surface area contributed by atoms with Gasteiger partial charge in [0.1, 0.15) is 11.4 Å². The summed E-state index contributed by atoms with van der Waals surface area (Å²) in [7, 11) is 1.59. The molecule has 106 valence electrons. The molecule has 0 aliphatic carbocycles. The molecule has 0 radical (unpaired) electrons. The number of rotatable bonds is 2. The number of aromatic nitrogens is 1. The highest BCUT2D eigenvalue weighted by Gasteiger charge is 2.13. The van der Waals surface area contributed by atoms with Crippen molar-refractivity contribution < 1.29 is 4.74 Å². The number of nitrogen functional groups attached to an aromatic ring is 1. The number of hydrogen-bond donors (Lipinski definition) is 2. The Labute approximate surface area is 126 Å². The predicted octanol–water partition coefficient (Wildman–Crippen LogP) is 3.44. The van der Waals surface area contributed by atoms with Crippen molar-refractivity contribution in [2.45, 2.75) is 0 Å². The Morgan fingerprint density at radius 2 is 2.00 bits per heavy atom. The Morgan fingerprint density at radius 1 is 1.19 bits per heavy atom. The quantitative estimate of drug-likeness (QED) is 0.762. The molecule has 4 nitrogen and oxygen atoms in total. The third-order valence-corrected chi connectivity index (χ3v) is 3.61. The number of H-pyrrole nitrogens is 1. The van der Waals surface area contributed by atoms with Gasteiger partial charge in [0.05, 0.1) is 7.11 Å². The molecule has 0 spiro atoms. The Balaban J connectivity index is 2.41. The zero-order valence-electron chi connectivity index (χ0n) is 11.3. The van der Waals surface area contributed by atoms with Gasteiger partial charge in [-0.3, -0.25) is 4.79 Å². The number of methoxy groups -OCH3 is 1. The number of fused-ring (bicyclic) bond motifs is 1. The molecule has 3 N–H and O–H groups in total. The third kappa shape index (κ3) is 2.34. The van der Waals surface area contributed by atoms with Gasteiger partial charge in [-0.1, -0.05) is 23.7 Å². The van der Waals surface area contributed by atoms with Crippen LogP contribution < -0.4 is 16.0 Å². The standard InChI is InChI=1S/C16H13ClN2O2/c1-21-11-4-2-3-9(7-11)14-12-8-10(17)5-6-13(12)19-16(20)15(14)18/h2-8H,18H2,1H3,(H,19,20). The number of anilines is 1. The van der Waals surface area contributed by atoms with E-state index < -0.39 is 0 Å². The van der Waals surface area contributed by atoms with Crippen LogP contribution in [-0.2, 0) is 0 Å². The molecule has 0 atom stereocenters. The van der Waals surface area contributed by atoms with Gasteiger partial charge in [0.15, 0.2) is 0 Å². The maximum atomic E-state index is 12.0. The minimum Gasteiger partial charge on any atom is -0.497 e. The topological polar surface area (TPSA) is 68.1 Å². The fourth-order valence-corrected chi connectivity index (χ4v) is 2.54. The van der Waals surface area contributed by atoms with Gasteiger partial charge in [0, 0.05) is 21.5 Å². The first-order valence-electron chi connectivity index (χ1n) is 6.35. The first-order valence-corrected chi connectivity index (χ1v) is 6.73. The molecule has 3 aromatic rings. The van der Waals surface area contributed by atoms with Gasteiger partial charge in [0.25, 0.3) is 5.56 Å². The summed E-state index contributed by atoms with van der Waals surface area (Å²) < 4.78 is 5.23. The van der Waals surface area contributed by atoms with Crippen LogP contribution in [0.4, 0.5) is 5.69 Å². The average Bonchev–Trinajstić information content (AvgIpc) is 2.49. The van der Waals surface area contributed by atoms with Crippen molar-refractivity contribution in [3.8, 4) is 16.9 Å². The van der Waals surface area contributed by atoms with Crippen LogP contribution in [0.5, 0.6) is 5.75 Å². The normalized spacial score (nSPS) is 10.8. The van der Waals surface area contributed by atoms with E-state index in [9.17, 15) is 4.79 Å². The van der Waals surface area contributed by atoms with Crippen LogP contribution in [0.3, 0.4) is 0 Å². The molecule has 1 aromatic heterocycles. The molecule has 0 saturated carbocycles. The van der Waals surface area contributed by atoms with Crippen LogP contribution in [0.2, 0.25) is 5.02 Å². The number of hydrogen-bond acceptors (Lipinski definition) is 3. The molecule has 0 amide bonds. The highest BCUT2D eigenvalue weighted by molar-refractivity contribution is 6.31. The van der Waals surface area contributed by atoms with Crippen molar-refractivity contribution in [1.82, 2.24) is 4.98 Å². The van der Waals surface area contributed by atoms with Crippen LogP contribution in [-0.4, -0.2) is 12.1 Å². The lowest BCUT2D eigenvalue weighted by atomic mass is 9.99. The zero-order chi connectivity index (χ0) is 15.0. The van der Waals surface area contributed by atoms with Crippen molar-refractivity contribution >= 4 is 28.2 Å². The Kier molecular flexibility index (Phi) is 3.31. The number of benzene rings is 2. The molecule has 2 aromatic carbocycles. The number of pyridine rings is 1. The van der Waals surface area contributed by atoms with Crippen LogP contribution in [0.15, 0.2) is 47.3 Å². The Bertz CT molecular complexity index is 887. The molecule has 1 heterocycles. The first-order chi connectivity index (χ1) is 10.1. The number of nitrogens with one attached hydrogen (secondary N) is 1. The van der Waals surface area contributed by atoms with Crippen molar-refractivity contribution in [3.63, 3.8) is 0 Å². The van der Waals surface area contributed by atoms with E-state index in [4.69, 9.17) is 22.1 Å². The van der Waals surface area contributed by atoms with E-state index in [1.54, 1.807) is 25.3 Å². The lowest BCUT2D eigenvalue weighted by Gasteiger charge is -2.11. The van der Waals surface area contributed by atoms with Crippen LogP contribution in [0.1, 0.15) is 0 Å². The minimum atomic E-state index is -0.317. The second kappa shape index (κ2) is 5.14. The Hall–Kier alpha value is -2.46. The summed E-state index contributed by atoms with van der Waals surface area (Å²) in [5.74, 6) is 0.697. The fourth-order valence-electron chi connectivity index (χ4n) is 2.37. The predicted molar refractivity (Wildman–Crippen MR) is 86.0 cm³/mol. The van der Waals surface area contributed by atoms with E-state index in [1.165, 1.54) is 0 Å². The van der Waals surface area contributed by atoms with Gasteiger partial charge in [-0.25, -0.2) is 0 Å². The number of aromatic amines is 1. The van der Waals surface area contributed by atoms with Gasteiger partial charge in [-0.05, 0) is 35.9 Å². The molecule has 0 aliphatic rings. The lowest BCUT2D eigenvalue weighted by Crippen LogP contribution is -2.13. The summed E-state index contributed by atoms with van der Waals surface area (Å²) in [6, 6.07) is 12.7. The van der Waals surface area contributed by atoms with Gasteiger partial charge < -0.3 is 15.5 Å². The largest absolute Gasteiger partial charge is 0.497 e. The highest BCUT2D eigenvalue weighted by Crippen LogP contribution is 2.33. The van der Waals surface area contributed by atoms with E-state index in [0.29, 0.717) is 21.9 Å². The molecule has 0 fully saturated rings. The number of nitrogens with two attached hydrogens (primary N) is 1. The second-order valence-corrected chi connectivity index (χ2v) is 5.10. The lowest BCUT2D eigenvalue weighted by molar-refractivity contribution is 0.415. The summed E-state index contributed by atoms with van der Waals surface area (Å²) in [4.78, 5) is 14.8. The summed E-state index contributed by atoms with van der Waals surface area (Å²) in [5.41, 5.74) is 8.01. The molecular weight excluding hydrogens is 288 g/mol. The van der Waals surface area contributed by atoms with E-state index in [2.05, 4.69) is 4.98 Å². The molecule has 3 rings (SSSR count). The zero-order valence-corrected chi connectivity index (χ0v) is 12.1. The summed E-state index contributed by atoms with van der Waals surface area (Å²) in [6.45, 7) is 0. The second-order valence-electron chi connectivity index (χ2n) is 4.66. The average molecular weight is 301 g/mol. The fraction of sp³-hybridized carbons (Fsp3) is 0.0625. The smallest absolute Gasteiger partial charge is 0.272 e. The van der Waals surface area contributed by atoms with Gasteiger partial charge in [-0.2, -0.15) is 0 Å². The number of halogens is 1. The van der Waals surface area contributed by atoms with Crippen LogP contribution in [0, 0.1) is 0 Å². The monoisotopic (exact) mass is 300 g/mol.